The molecule has 0 amide bonds. The summed E-state index contributed by atoms with van der Waals surface area (Å²) in [6, 6.07) is 0.494. The van der Waals surface area contributed by atoms with E-state index in [0.717, 1.165) is 13.0 Å². The third-order valence-electron chi connectivity index (χ3n) is 3.32. The molecule has 1 saturated carbocycles. The Morgan fingerprint density at radius 2 is 2.00 bits per heavy atom. The lowest BCUT2D eigenvalue weighted by Crippen LogP contribution is -2.24. The van der Waals surface area contributed by atoms with E-state index in [1.807, 2.05) is 0 Å². The molecule has 1 rings (SSSR count). The molecule has 3 nitrogen and oxygen atoms in total. The molecule has 3 heteroatoms. The van der Waals surface area contributed by atoms with Crippen LogP contribution in [0.15, 0.2) is 0 Å². The number of rotatable bonds is 7. The second-order valence-corrected chi connectivity index (χ2v) is 5.40. The highest BCUT2D eigenvalue weighted by Gasteiger charge is 2.15. The summed E-state index contributed by atoms with van der Waals surface area (Å²) >= 11 is 0. The first-order valence-corrected chi connectivity index (χ1v) is 7.07. The predicted molar refractivity (Wildman–Crippen MR) is 69.9 cm³/mol. The van der Waals surface area contributed by atoms with E-state index >= 15 is 0 Å². The van der Waals surface area contributed by atoms with Crippen LogP contribution >= 0.6 is 0 Å². The van der Waals surface area contributed by atoms with Crippen LogP contribution in [0.3, 0.4) is 0 Å². The molecule has 0 radical (unpaired) electrons. The molecule has 0 aliphatic heterocycles. The van der Waals surface area contributed by atoms with Crippen molar-refractivity contribution < 1.29 is 9.53 Å². The molecule has 17 heavy (non-hydrogen) atoms. The van der Waals surface area contributed by atoms with Crippen molar-refractivity contribution in [3.63, 3.8) is 0 Å². The second-order valence-electron chi connectivity index (χ2n) is 5.40. The summed E-state index contributed by atoms with van der Waals surface area (Å²) in [5.74, 6) is 0.600. The van der Waals surface area contributed by atoms with E-state index in [9.17, 15) is 4.79 Å². The number of carbonyl (C=O) groups excluding carboxylic acids is 1. The van der Waals surface area contributed by atoms with Crippen molar-refractivity contribution in [2.45, 2.75) is 64.8 Å². The molecule has 0 saturated heterocycles. The molecule has 0 atom stereocenters. The Balaban J connectivity index is 1.96. The van der Waals surface area contributed by atoms with E-state index in [2.05, 4.69) is 19.2 Å². The largest absolute Gasteiger partial charge is 0.465 e. The van der Waals surface area contributed by atoms with Gasteiger partial charge in [-0.2, -0.15) is 0 Å². The van der Waals surface area contributed by atoms with Crippen LogP contribution in [-0.4, -0.2) is 25.2 Å². The maximum absolute atomic E-state index is 11.5. The van der Waals surface area contributed by atoms with Crippen LogP contribution in [-0.2, 0) is 9.53 Å². The van der Waals surface area contributed by atoms with Gasteiger partial charge in [-0.15, -0.1) is 0 Å². The lowest BCUT2D eigenvalue weighted by atomic mass is 9.90. The third kappa shape index (κ3) is 7.37. The third-order valence-corrected chi connectivity index (χ3v) is 3.32. The molecule has 1 aliphatic rings. The van der Waals surface area contributed by atoms with Crippen LogP contribution in [0.25, 0.3) is 0 Å². The van der Waals surface area contributed by atoms with Crippen LogP contribution in [0.4, 0.5) is 0 Å². The van der Waals surface area contributed by atoms with Crippen molar-refractivity contribution in [3.05, 3.63) is 0 Å². The zero-order valence-electron chi connectivity index (χ0n) is 11.3. The van der Waals surface area contributed by atoms with Crippen LogP contribution in [0.5, 0.6) is 0 Å². The van der Waals surface area contributed by atoms with Crippen molar-refractivity contribution in [3.8, 4) is 0 Å². The Bertz CT molecular complexity index is 210. The van der Waals surface area contributed by atoms with Gasteiger partial charge in [0, 0.05) is 12.5 Å². The van der Waals surface area contributed by atoms with Crippen molar-refractivity contribution in [2.75, 3.05) is 13.2 Å². The lowest BCUT2D eigenvalue weighted by Gasteiger charge is -2.21. The van der Waals surface area contributed by atoms with Gasteiger partial charge in [-0.25, -0.2) is 0 Å². The predicted octanol–water partition coefficient (Wildman–Crippen LogP) is 2.89. The van der Waals surface area contributed by atoms with Gasteiger partial charge in [-0.05, 0) is 31.7 Å². The summed E-state index contributed by atoms with van der Waals surface area (Å²) in [5, 5.41) is 3.30. The number of nitrogens with one attached hydrogen (secondary N) is 1. The van der Waals surface area contributed by atoms with Crippen LogP contribution < -0.4 is 5.32 Å². The zero-order chi connectivity index (χ0) is 12.5. The molecule has 0 bridgehead atoms. The normalized spacial score (nSPS) is 17.4. The van der Waals surface area contributed by atoms with Gasteiger partial charge in [0.2, 0.25) is 0 Å². The van der Waals surface area contributed by atoms with E-state index in [1.165, 1.54) is 32.1 Å². The van der Waals surface area contributed by atoms with E-state index in [4.69, 9.17) is 4.74 Å². The van der Waals surface area contributed by atoms with Gasteiger partial charge >= 0.3 is 5.97 Å². The smallest absolute Gasteiger partial charge is 0.305 e. The molecule has 100 valence electrons. The van der Waals surface area contributed by atoms with Crippen molar-refractivity contribution in [1.29, 1.82) is 0 Å². The van der Waals surface area contributed by atoms with Gasteiger partial charge in [-0.1, -0.05) is 33.1 Å². The standard InChI is InChI=1S/C14H27NO2/c1-12(2)15-10-6-9-14(16)17-11-13-7-4-3-5-8-13/h12-13,15H,3-11H2,1-2H3. The van der Waals surface area contributed by atoms with Gasteiger partial charge in [0.05, 0.1) is 6.61 Å². The number of esters is 1. The number of hydrogen-bond donors (Lipinski definition) is 1. The molecule has 1 N–H and O–H groups in total. The summed E-state index contributed by atoms with van der Waals surface area (Å²) in [4.78, 5) is 11.5. The van der Waals surface area contributed by atoms with Gasteiger partial charge in [-0.3, -0.25) is 4.79 Å². The van der Waals surface area contributed by atoms with Crippen molar-refractivity contribution in [1.82, 2.24) is 5.32 Å². The molecule has 0 heterocycles. The summed E-state index contributed by atoms with van der Waals surface area (Å²) in [7, 11) is 0. The van der Waals surface area contributed by atoms with Gasteiger partial charge < -0.3 is 10.1 Å². The van der Waals surface area contributed by atoms with Crippen LogP contribution in [0.2, 0.25) is 0 Å². The molecule has 1 aliphatic carbocycles. The minimum Gasteiger partial charge on any atom is -0.465 e. The maximum atomic E-state index is 11.5. The average molecular weight is 241 g/mol. The van der Waals surface area contributed by atoms with E-state index in [1.54, 1.807) is 0 Å². The molecule has 0 unspecified atom stereocenters. The second kappa shape index (κ2) is 8.51. The maximum Gasteiger partial charge on any atom is 0.305 e. The average Bonchev–Trinajstić information content (AvgIpc) is 2.33. The molecular weight excluding hydrogens is 214 g/mol. The Hall–Kier alpha value is -0.570. The quantitative estimate of drug-likeness (QED) is 0.550. The Morgan fingerprint density at radius 1 is 1.29 bits per heavy atom. The zero-order valence-corrected chi connectivity index (χ0v) is 11.3. The Kier molecular flexibility index (Phi) is 7.25. The summed E-state index contributed by atoms with van der Waals surface area (Å²) in [6.07, 6.45) is 7.87. The number of carbonyl (C=O) groups is 1. The Morgan fingerprint density at radius 3 is 2.65 bits per heavy atom. The first kappa shape index (κ1) is 14.5. The highest BCUT2D eigenvalue weighted by atomic mass is 16.5. The molecule has 0 aromatic carbocycles. The van der Waals surface area contributed by atoms with Gasteiger partial charge in [0.25, 0.3) is 0 Å². The lowest BCUT2D eigenvalue weighted by molar-refractivity contribution is -0.145. The fourth-order valence-electron chi connectivity index (χ4n) is 2.26. The molecule has 0 aromatic rings. The molecule has 0 spiro atoms. The fourth-order valence-corrected chi connectivity index (χ4v) is 2.26. The van der Waals surface area contributed by atoms with E-state index in [0.29, 0.717) is 25.0 Å². The highest BCUT2D eigenvalue weighted by molar-refractivity contribution is 5.69. The first-order chi connectivity index (χ1) is 8.18. The van der Waals surface area contributed by atoms with Gasteiger partial charge in [0.15, 0.2) is 0 Å². The monoisotopic (exact) mass is 241 g/mol. The van der Waals surface area contributed by atoms with E-state index < -0.39 is 0 Å². The van der Waals surface area contributed by atoms with Crippen molar-refractivity contribution >= 4 is 5.97 Å². The minimum absolute atomic E-state index is 0.0267. The topological polar surface area (TPSA) is 38.3 Å². The SMILES string of the molecule is CC(C)NCCCC(=O)OCC1CCCCC1. The summed E-state index contributed by atoms with van der Waals surface area (Å²) < 4.78 is 5.32. The molecular formula is C14H27NO2. The number of ether oxygens (including phenoxy) is 1. The first-order valence-electron chi connectivity index (χ1n) is 7.07. The van der Waals surface area contributed by atoms with E-state index in [-0.39, 0.29) is 5.97 Å². The van der Waals surface area contributed by atoms with Crippen LogP contribution in [0, 0.1) is 5.92 Å². The molecule has 1 fully saturated rings. The van der Waals surface area contributed by atoms with Crippen LogP contribution in [0.1, 0.15) is 58.8 Å². The fraction of sp³-hybridized carbons (Fsp3) is 0.929. The number of hydrogen-bond acceptors (Lipinski definition) is 3. The Labute approximate surface area is 105 Å². The van der Waals surface area contributed by atoms with Gasteiger partial charge in [0.1, 0.15) is 0 Å². The summed E-state index contributed by atoms with van der Waals surface area (Å²) in [5.41, 5.74) is 0. The summed E-state index contributed by atoms with van der Waals surface area (Å²) in [6.45, 7) is 5.77. The van der Waals surface area contributed by atoms with Crippen molar-refractivity contribution in [2.24, 2.45) is 5.92 Å². The molecule has 0 aromatic heterocycles. The highest BCUT2D eigenvalue weighted by Crippen LogP contribution is 2.23. The minimum atomic E-state index is -0.0267.